The first-order valence-electron chi connectivity index (χ1n) is 7.57. The Morgan fingerprint density at radius 3 is 2.50 bits per heavy atom. The average Bonchev–Trinajstić information content (AvgIpc) is 2.79. The lowest BCUT2D eigenvalue weighted by Crippen LogP contribution is -2.22. The third-order valence-corrected chi connectivity index (χ3v) is 4.37. The van der Waals surface area contributed by atoms with Crippen LogP contribution in [0, 0.1) is 6.92 Å². The van der Waals surface area contributed by atoms with Crippen LogP contribution < -0.4 is 5.32 Å². The largest absolute Gasteiger partial charge is 0.310 e. The monoisotopic (exact) mass is 267 g/mol. The first-order chi connectivity index (χ1) is 8.79. The van der Waals surface area contributed by atoms with E-state index in [0.29, 0.717) is 6.04 Å². The minimum Gasteiger partial charge on any atom is -0.310 e. The van der Waals surface area contributed by atoms with Crippen molar-refractivity contribution in [3.63, 3.8) is 0 Å². The van der Waals surface area contributed by atoms with Crippen LogP contribution in [0.1, 0.15) is 75.3 Å². The minimum atomic E-state index is 0.581. The minimum absolute atomic E-state index is 0.581. The summed E-state index contributed by atoms with van der Waals surface area (Å²) in [6.07, 6.45) is 9.39. The number of hydrogen-bond donors (Lipinski definition) is 1. The Morgan fingerprint density at radius 2 is 1.89 bits per heavy atom. The van der Waals surface area contributed by atoms with Crippen molar-refractivity contribution in [3.05, 3.63) is 21.9 Å². The predicted molar refractivity (Wildman–Crippen MR) is 83.5 cm³/mol. The summed E-state index contributed by atoms with van der Waals surface area (Å²) >= 11 is 1.87. The number of rotatable bonds is 10. The van der Waals surface area contributed by atoms with Crippen LogP contribution in [0.4, 0.5) is 0 Å². The van der Waals surface area contributed by atoms with E-state index in [4.69, 9.17) is 0 Å². The van der Waals surface area contributed by atoms with E-state index < -0.39 is 0 Å². The van der Waals surface area contributed by atoms with Gasteiger partial charge < -0.3 is 5.32 Å². The lowest BCUT2D eigenvalue weighted by atomic mass is 10.0. The number of nitrogens with one attached hydrogen (secondary N) is 1. The number of thiophene rings is 1. The Balaban J connectivity index is 2.39. The fourth-order valence-electron chi connectivity index (χ4n) is 2.39. The van der Waals surface area contributed by atoms with Crippen molar-refractivity contribution >= 4 is 11.3 Å². The summed E-state index contributed by atoms with van der Waals surface area (Å²) in [6, 6.07) is 2.89. The maximum Gasteiger partial charge on any atom is 0.0331 e. The molecule has 0 bridgehead atoms. The van der Waals surface area contributed by atoms with Crippen molar-refractivity contribution in [1.82, 2.24) is 5.32 Å². The van der Waals surface area contributed by atoms with Crippen molar-refractivity contribution in [2.24, 2.45) is 0 Å². The molecule has 1 aromatic rings. The molecular formula is C16H29NS. The van der Waals surface area contributed by atoms with Gasteiger partial charge in [0.2, 0.25) is 0 Å². The van der Waals surface area contributed by atoms with E-state index in [2.05, 4.69) is 37.5 Å². The van der Waals surface area contributed by atoms with E-state index in [9.17, 15) is 0 Å². The van der Waals surface area contributed by atoms with Gasteiger partial charge in [-0.05, 0) is 43.3 Å². The molecule has 1 rings (SSSR count). The molecule has 18 heavy (non-hydrogen) atoms. The van der Waals surface area contributed by atoms with Crippen LogP contribution in [-0.2, 0) is 0 Å². The van der Waals surface area contributed by atoms with Crippen LogP contribution >= 0.6 is 11.3 Å². The Bertz CT molecular complexity index is 306. The Hall–Kier alpha value is -0.340. The van der Waals surface area contributed by atoms with Gasteiger partial charge in [-0.15, -0.1) is 11.3 Å². The van der Waals surface area contributed by atoms with Gasteiger partial charge in [0, 0.05) is 10.9 Å². The van der Waals surface area contributed by atoms with Crippen LogP contribution in [0.15, 0.2) is 11.4 Å². The van der Waals surface area contributed by atoms with Gasteiger partial charge in [0.15, 0.2) is 0 Å². The predicted octanol–water partition coefficient (Wildman–Crippen LogP) is 5.46. The molecule has 0 radical (unpaired) electrons. The van der Waals surface area contributed by atoms with Gasteiger partial charge in [-0.25, -0.2) is 0 Å². The second kappa shape index (κ2) is 9.57. The second-order valence-electron chi connectivity index (χ2n) is 5.14. The third-order valence-electron chi connectivity index (χ3n) is 3.51. The third kappa shape index (κ3) is 5.53. The van der Waals surface area contributed by atoms with Gasteiger partial charge >= 0.3 is 0 Å². The van der Waals surface area contributed by atoms with E-state index in [1.54, 1.807) is 0 Å². The lowest BCUT2D eigenvalue weighted by Gasteiger charge is -2.18. The smallest absolute Gasteiger partial charge is 0.0331 e. The average molecular weight is 267 g/mol. The first-order valence-corrected chi connectivity index (χ1v) is 8.44. The molecule has 0 saturated carbocycles. The maximum absolute atomic E-state index is 3.71. The number of hydrogen-bond acceptors (Lipinski definition) is 2. The van der Waals surface area contributed by atoms with Gasteiger partial charge in [-0.3, -0.25) is 0 Å². The van der Waals surface area contributed by atoms with E-state index in [1.807, 2.05) is 11.3 Å². The molecule has 0 aliphatic heterocycles. The standard InChI is InChI=1S/C16H29NS/c1-4-6-7-8-9-10-16(17-12-5-2)15-11-13-18-14(15)3/h11,13,16-17H,4-10,12H2,1-3H3. The molecule has 1 aromatic heterocycles. The van der Waals surface area contributed by atoms with Gasteiger partial charge in [0.1, 0.15) is 0 Å². The van der Waals surface area contributed by atoms with E-state index in [1.165, 1.54) is 55.4 Å². The van der Waals surface area contributed by atoms with E-state index in [0.717, 1.165) is 6.54 Å². The van der Waals surface area contributed by atoms with Crippen LogP contribution in [0.25, 0.3) is 0 Å². The summed E-state index contributed by atoms with van der Waals surface area (Å²) in [5.74, 6) is 0. The zero-order valence-electron chi connectivity index (χ0n) is 12.3. The fraction of sp³-hybridized carbons (Fsp3) is 0.750. The zero-order chi connectivity index (χ0) is 13.2. The van der Waals surface area contributed by atoms with E-state index >= 15 is 0 Å². The first kappa shape index (κ1) is 15.7. The van der Waals surface area contributed by atoms with E-state index in [-0.39, 0.29) is 0 Å². The fourth-order valence-corrected chi connectivity index (χ4v) is 3.16. The maximum atomic E-state index is 3.71. The normalized spacial score (nSPS) is 12.8. The van der Waals surface area contributed by atoms with Crippen molar-refractivity contribution in [2.75, 3.05) is 6.54 Å². The molecule has 1 N–H and O–H groups in total. The second-order valence-corrected chi connectivity index (χ2v) is 6.26. The number of aryl methyl sites for hydroxylation is 1. The van der Waals surface area contributed by atoms with Crippen molar-refractivity contribution < 1.29 is 0 Å². The molecule has 1 nitrogen and oxygen atoms in total. The number of unbranched alkanes of at least 4 members (excludes halogenated alkanes) is 4. The van der Waals surface area contributed by atoms with Gasteiger partial charge in [0.05, 0.1) is 0 Å². The molecule has 1 unspecified atom stereocenters. The summed E-state index contributed by atoms with van der Waals surface area (Å²) in [5.41, 5.74) is 1.53. The summed E-state index contributed by atoms with van der Waals surface area (Å²) in [7, 11) is 0. The topological polar surface area (TPSA) is 12.0 Å². The van der Waals surface area contributed by atoms with Gasteiger partial charge in [-0.1, -0.05) is 46.0 Å². The Kier molecular flexibility index (Phi) is 8.36. The molecule has 104 valence electrons. The molecule has 0 amide bonds. The Labute approximate surface area is 117 Å². The summed E-state index contributed by atoms with van der Waals surface area (Å²) in [6.45, 7) is 7.90. The van der Waals surface area contributed by atoms with Crippen LogP contribution in [0.3, 0.4) is 0 Å². The lowest BCUT2D eigenvalue weighted by molar-refractivity contribution is 0.468. The molecule has 1 atom stereocenters. The summed E-state index contributed by atoms with van der Waals surface area (Å²) in [4.78, 5) is 1.48. The molecule has 0 aliphatic rings. The molecule has 0 fully saturated rings. The molecule has 0 aromatic carbocycles. The molecule has 1 heterocycles. The Morgan fingerprint density at radius 1 is 1.11 bits per heavy atom. The molecule has 2 heteroatoms. The van der Waals surface area contributed by atoms with Crippen LogP contribution in [-0.4, -0.2) is 6.54 Å². The van der Waals surface area contributed by atoms with Gasteiger partial charge in [0.25, 0.3) is 0 Å². The summed E-state index contributed by atoms with van der Waals surface area (Å²) in [5, 5.41) is 5.93. The highest BCUT2D eigenvalue weighted by molar-refractivity contribution is 7.10. The highest BCUT2D eigenvalue weighted by atomic mass is 32.1. The molecule has 0 aliphatic carbocycles. The summed E-state index contributed by atoms with van der Waals surface area (Å²) < 4.78 is 0. The zero-order valence-corrected chi connectivity index (χ0v) is 13.1. The van der Waals surface area contributed by atoms with Crippen molar-refractivity contribution in [1.29, 1.82) is 0 Å². The molecule has 0 saturated heterocycles. The highest BCUT2D eigenvalue weighted by Crippen LogP contribution is 2.26. The van der Waals surface area contributed by atoms with Gasteiger partial charge in [-0.2, -0.15) is 0 Å². The molecular weight excluding hydrogens is 238 g/mol. The quantitative estimate of drug-likeness (QED) is 0.555. The van der Waals surface area contributed by atoms with Crippen LogP contribution in [0.2, 0.25) is 0 Å². The SMILES string of the molecule is CCCCCCCC(NCCC)c1ccsc1C. The van der Waals surface area contributed by atoms with Crippen molar-refractivity contribution in [2.45, 2.75) is 71.8 Å². The molecule has 0 spiro atoms. The highest BCUT2D eigenvalue weighted by Gasteiger charge is 2.13. The van der Waals surface area contributed by atoms with Crippen molar-refractivity contribution in [3.8, 4) is 0 Å². The van der Waals surface area contributed by atoms with Crippen LogP contribution in [0.5, 0.6) is 0 Å².